The molecule has 0 spiro atoms. The number of hydrogen-bond acceptors (Lipinski definition) is 4. The Morgan fingerprint density at radius 2 is 1.88 bits per heavy atom. The maximum atomic E-state index is 13.1. The molecule has 8 nitrogen and oxygen atoms in total. The number of aromatic nitrogens is 2. The number of hydrogen-bond donors (Lipinski definition) is 3. The third kappa shape index (κ3) is 4.36. The number of fused-ring (bicyclic) bond motifs is 1. The van der Waals surface area contributed by atoms with Gasteiger partial charge in [-0.2, -0.15) is 0 Å². The lowest BCUT2D eigenvalue weighted by molar-refractivity contribution is -0.275. The molecule has 0 unspecified atom stereocenters. The van der Waals surface area contributed by atoms with Gasteiger partial charge in [-0.3, -0.25) is 0 Å². The summed E-state index contributed by atoms with van der Waals surface area (Å²) in [7, 11) is 0. The Morgan fingerprint density at radius 1 is 1.16 bits per heavy atom. The zero-order valence-electron chi connectivity index (χ0n) is 16.4. The number of aromatic amines is 1. The number of nitrogens with one attached hydrogen (secondary N) is 2. The molecule has 0 saturated carbocycles. The lowest BCUT2D eigenvalue weighted by atomic mass is 9.95. The number of carbonyl (C=O) groups is 2. The molecule has 4 rings (SSSR count). The smallest absolute Gasteiger partial charge is 0.478 e. The molecule has 0 bridgehead atoms. The molecule has 1 aliphatic rings. The first-order valence-electron chi connectivity index (χ1n) is 9.51. The summed E-state index contributed by atoms with van der Waals surface area (Å²) in [6.07, 6.45) is -3.05. The number of amides is 2. The fourth-order valence-electron chi connectivity index (χ4n) is 3.63. The number of imidazole rings is 1. The lowest BCUT2D eigenvalue weighted by Crippen LogP contribution is -2.43. The summed E-state index contributed by atoms with van der Waals surface area (Å²) >= 11 is 0. The van der Waals surface area contributed by atoms with Crippen LogP contribution in [-0.2, 0) is 6.42 Å². The Bertz CT molecular complexity index is 1140. The summed E-state index contributed by atoms with van der Waals surface area (Å²) in [4.78, 5) is 32.7. The van der Waals surface area contributed by atoms with Gasteiger partial charge in [0.1, 0.15) is 11.8 Å². The molecular weight excluding hydrogens is 429 g/mol. The van der Waals surface area contributed by atoms with E-state index in [0.717, 1.165) is 0 Å². The monoisotopic (exact) mass is 446 g/mol. The van der Waals surface area contributed by atoms with E-state index in [2.05, 4.69) is 20.0 Å². The van der Waals surface area contributed by atoms with Crippen LogP contribution in [0.4, 0.5) is 23.7 Å². The number of ether oxygens (including phenoxy) is 1. The third-order valence-electron chi connectivity index (χ3n) is 5.01. The van der Waals surface area contributed by atoms with E-state index >= 15 is 0 Å². The van der Waals surface area contributed by atoms with Gasteiger partial charge in [0.15, 0.2) is 0 Å². The molecule has 3 aromatic rings. The molecule has 32 heavy (non-hydrogen) atoms. The fourth-order valence-corrected chi connectivity index (χ4v) is 3.63. The van der Waals surface area contributed by atoms with Crippen molar-refractivity contribution in [3.8, 4) is 5.75 Å². The Morgan fingerprint density at radius 3 is 2.56 bits per heavy atom. The number of H-pyrrole nitrogens is 1. The van der Waals surface area contributed by atoms with Crippen LogP contribution in [0.15, 0.2) is 54.9 Å². The zero-order valence-corrected chi connectivity index (χ0v) is 16.4. The average Bonchev–Trinajstić information content (AvgIpc) is 3.22. The Labute approximate surface area is 179 Å². The highest BCUT2D eigenvalue weighted by Crippen LogP contribution is 2.39. The van der Waals surface area contributed by atoms with E-state index in [-0.39, 0.29) is 17.7 Å². The van der Waals surface area contributed by atoms with Gasteiger partial charge in [0.2, 0.25) is 0 Å². The van der Waals surface area contributed by atoms with Crippen molar-refractivity contribution in [3.05, 3.63) is 77.4 Å². The molecule has 3 N–H and O–H groups in total. The van der Waals surface area contributed by atoms with Crippen molar-refractivity contribution in [2.75, 3.05) is 11.9 Å². The molecule has 1 aromatic heterocycles. The van der Waals surface area contributed by atoms with Gasteiger partial charge < -0.3 is 25.0 Å². The fraction of sp³-hybridized carbons (Fsp3) is 0.190. The van der Waals surface area contributed by atoms with E-state index in [9.17, 15) is 22.8 Å². The molecule has 0 radical (unpaired) electrons. The molecule has 2 aromatic carbocycles. The number of aromatic carboxylic acids is 1. The number of rotatable bonds is 4. The lowest BCUT2D eigenvalue weighted by Gasteiger charge is -2.36. The number of carbonyl (C=O) groups excluding carboxylic acids is 1. The number of carboxylic acids is 1. The van der Waals surface area contributed by atoms with Crippen LogP contribution in [-0.4, -0.2) is 44.9 Å². The highest BCUT2D eigenvalue weighted by molar-refractivity contribution is 5.92. The van der Waals surface area contributed by atoms with Crippen LogP contribution >= 0.6 is 0 Å². The minimum Gasteiger partial charge on any atom is -0.478 e. The summed E-state index contributed by atoms with van der Waals surface area (Å²) in [6, 6.07) is 9.64. The second-order valence-corrected chi connectivity index (χ2v) is 7.01. The normalized spacial score (nSPS) is 15.7. The van der Waals surface area contributed by atoms with Gasteiger partial charge in [-0.1, -0.05) is 18.2 Å². The summed E-state index contributed by atoms with van der Waals surface area (Å²) in [5.74, 6) is -1.53. The SMILES string of the molecule is O=C(O)c1ccc(NC(=O)N2CCc3[nH]cnc3[C@@H]2c2ccccc2OC(F)(F)F)cc1. The van der Waals surface area contributed by atoms with Gasteiger partial charge >= 0.3 is 18.4 Å². The van der Waals surface area contributed by atoms with Crippen LogP contribution in [0.5, 0.6) is 5.75 Å². The standard InChI is InChI=1S/C21H17F3N4O4/c22-21(23,24)32-16-4-2-1-3-14(16)18-17-15(25-11-26-17)9-10-28(18)20(31)27-13-7-5-12(6-8-13)19(29)30/h1-8,11,18H,9-10H2,(H,25,26)(H,27,31)(H,29,30)/t18-/m0/s1. The highest BCUT2D eigenvalue weighted by atomic mass is 19.4. The van der Waals surface area contributed by atoms with E-state index in [1.807, 2.05) is 0 Å². The number of alkyl halides is 3. The number of halogens is 3. The summed E-state index contributed by atoms with van der Waals surface area (Å²) in [5, 5.41) is 11.7. The third-order valence-corrected chi connectivity index (χ3v) is 5.01. The quantitative estimate of drug-likeness (QED) is 0.557. The molecule has 0 aliphatic carbocycles. The van der Waals surface area contributed by atoms with Crippen LogP contribution in [0, 0.1) is 0 Å². The van der Waals surface area contributed by atoms with Gasteiger partial charge in [-0.15, -0.1) is 13.2 Å². The second kappa shape index (κ2) is 8.25. The van der Waals surface area contributed by atoms with Gasteiger partial charge in [0, 0.05) is 29.9 Å². The van der Waals surface area contributed by atoms with Crippen molar-refractivity contribution < 1.29 is 32.6 Å². The predicted molar refractivity (Wildman–Crippen MR) is 106 cm³/mol. The first-order valence-corrected chi connectivity index (χ1v) is 9.51. The molecule has 1 atom stereocenters. The largest absolute Gasteiger partial charge is 0.573 e. The first-order chi connectivity index (χ1) is 15.2. The predicted octanol–water partition coefficient (Wildman–Crippen LogP) is 4.19. The molecule has 11 heteroatoms. The van der Waals surface area contributed by atoms with Crippen LogP contribution in [0.1, 0.15) is 33.4 Å². The summed E-state index contributed by atoms with van der Waals surface area (Å²) < 4.78 is 43.1. The summed E-state index contributed by atoms with van der Waals surface area (Å²) in [5.41, 5.74) is 1.66. The second-order valence-electron chi connectivity index (χ2n) is 7.01. The highest BCUT2D eigenvalue weighted by Gasteiger charge is 2.38. The first kappa shape index (κ1) is 21.2. The Hall–Kier alpha value is -4.02. The molecule has 2 heterocycles. The molecule has 0 saturated heterocycles. The number of benzene rings is 2. The van der Waals surface area contributed by atoms with E-state index in [1.54, 1.807) is 6.07 Å². The van der Waals surface area contributed by atoms with Crippen LogP contribution in [0.2, 0.25) is 0 Å². The van der Waals surface area contributed by atoms with Gasteiger partial charge in [-0.25, -0.2) is 14.6 Å². The molecule has 2 amide bonds. The van der Waals surface area contributed by atoms with Crippen molar-refractivity contribution in [1.29, 1.82) is 0 Å². The zero-order chi connectivity index (χ0) is 22.9. The van der Waals surface area contributed by atoms with Gasteiger partial charge in [0.05, 0.1) is 17.6 Å². The van der Waals surface area contributed by atoms with Crippen molar-refractivity contribution in [3.63, 3.8) is 0 Å². The average molecular weight is 446 g/mol. The Balaban J connectivity index is 1.68. The van der Waals surface area contributed by atoms with Crippen molar-refractivity contribution in [2.45, 2.75) is 18.8 Å². The molecule has 1 aliphatic heterocycles. The molecular formula is C21H17F3N4O4. The molecule has 0 fully saturated rings. The van der Waals surface area contributed by atoms with E-state index < -0.39 is 30.2 Å². The van der Waals surface area contributed by atoms with Crippen molar-refractivity contribution >= 4 is 17.7 Å². The topological polar surface area (TPSA) is 108 Å². The minimum atomic E-state index is -4.90. The van der Waals surface area contributed by atoms with E-state index in [1.165, 1.54) is 53.7 Å². The van der Waals surface area contributed by atoms with E-state index in [0.29, 0.717) is 23.5 Å². The summed E-state index contributed by atoms with van der Waals surface area (Å²) in [6.45, 7) is 0.208. The number of nitrogens with zero attached hydrogens (tertiary/aromatic N) is 2. The van der Waals surface area contributed by atoms with Crippen molar-refractivity contribution in [1.82, 2.24) is 14.9 Å². The van der Waals surface area contributed by atoms with Crippen LogP contribution in [0.25, 0.3) is 0 Å². The van der Waals surface area contributed by atoms with Crippen LogP contribution in [0.3, 0.4) is 0 Å². The minimum absolute atomic E-state index is 0.0539. The molecule has 166 valence electrons. The Kier molecular flexibility index (Phi) is 5.47. The van der Waals surface area contributed by atoms with E-state index in [4.69, 9.17) is 5.11 Å². The van der Waals surface area contributed by atoms with Crippen LogP contribution < -0.4 is 10.1 Å². The van der Waals surface area contributed by atoms with Crippen molar-refractivity contribution in [2.24, 2.45) is 0 Å². The van der Waals surface area contributed by atoms with Gasteiger partial charge in [-0.05, 0) is 30.3 Å². The maximum absolute atomic E-state index is 13.1. The van der Waals surface area contributed by atoms with Gasteiger partial charge in [0.25, 0.3) is 0 Å². The maximum Gasteiger partial charge on any atom is 0.573 e. The number of para-hydroxylation sites is 1. The number of anilines is 1. The number of carboxylic acid groups (broad SMARTS) is 1. The number of urea groups is 1.